The summed E-state index contributed by atoms with van der Waals surface area (Å²) in [4.78, 5) is 38.1. The highest BCUT2D eigenvalue weighted by atomic mass is 16.6. The number of aromatic nitrogens is 1. The fourth-order valence-electron chi connectivity index (χ4n) is 2.46. The molecule has 140 valence electrons. The summed E-state index contributed by atoms with van der Waals surface area (Å²) in [5.41, 5.74) is 0.982. The molecule has 0 spiro atoms. The van der Waals surface area contributed by atoms with Crippen molar-refractivity contribution in [2.75, 3.05) is 6.54 Å². The van der Waals surface area contributed by atoms with Crippen molar-refractivity contribution in [3.05, 3.63) is 36.0 Å². The smallest absolute Gasteiger partial charge is 0.408 e. The van der Waals surface area contributed by atoms with E-state index in [9.17, 15) is 19.5 Å². The highest BCUT2D eigenvalue weighted by molar-refractivity contribution is 5.89. The van der Waals surface area contributed by atoms with Crippen LogP contribution in [0.3, 0.4) is 0 Å². The molecule has 0 aliphatic rings. The molecule has 3 N–H and O–H groups in total. The Labute approximate surface area is 150 Å². The Morgan fingerprint density at radius 1 is 1.23 bits per heavy atom. The SMILES string of the molecule is CC(C)(C)OC(=O)N[C@@H](Cc1c[nH]c2ccccc12)C(=O)NCC(=O)[O-]. The minimum Gasteiger partial charge on any atom is -0.548 e. The number of aliphatic carboxylic acids is 1. The van der Waals surface area contributed by atoms with Crippen LogP contribution in [-0.4, -0.2) is 41.1 Å². The molecule has 1 aromatic carbocycles. The maximum atomic E-state index is 12.3. The molecule has 0 fully saturated rings. The average Bonchev–Trinajstić information content (AvgIpc) is 2.93. The van der Waals surface area contributed by atoms with Crippen molar-refractivity contribution in [3.8, 4) is 0 Å². The number of rotatable bonds is 6. The number of ether oxygens (including phenoxy) is 1. The number of carboxylic acids is 1. The van der Waals surface area contributed by atoms with Gasteiger partial charge in [-0.15, -0.1) is 0 Å². The van der Waals surface area contributed by atoms with Crippen LogP contribution in [0.25, 0.3) is 10.9 Å². The highest BCUT2D eigenvalue weighted by Gasteiger charge is 2.25. The van der Waals surface area contributed by atoms with Crippen molar-refractivity contribution < 1.29 is 24.2 Å². The lowest BCUT2D eigenvalue weighted by Gasteiger charge is -2.23. The molecule has 2 amide bonds. The lowest BCUT2D eigenvalue weighted by atomic mass is 10.0. The number of amides is 2. The van der Waals surface area contributed by atoms with E-state index in [-0.39, 0.29) is 6.42 Å². The Morgan fingerprint density at radius 2 is 1.92 bits per heavy atom. The lowest BCUT2D eigenvalue weighted by Crippen LogP contribution is -2.51. The van der Waals surface area contributed by atoms with Gasteiger partial charge in [-0.1, -0.05) is 18.2 Å². The molecule has 0 bridgehead atoms. The van der Waals surface area contributed by atoms with E-state index in [1.165, 1.54) is 0 Å². The summed E-state index contributed by atoms with van der Waals surface area (Å²) in [7, 11) is 0. The number of H-pyrrole nitrogens is 1. The molecule has 8 heteroatoms. The van der Waals surface area contributed by atoms with E-state index in [4.69, 9.17) is 4.74 Å². The number of hydrogen-bond acceptors (Lipinski definition) is 5. The van der Waals surface area contributed by atoms with Crippen LogP contribution in [0.15, 0.2) is 30.5 Å². The fourth-order valence-corrected chi connectivity index (χ4v) is 2.46. The maximum Gasteiger partial charge on any atom is 0.408 e. The van der Waals surface area contributed by atoms with E-state index < -0.39 is 36.2 Å². The second-order valence-electron chi connectivity index (χ2n) is 6.85. The fraction of sp³-hybridized carbons (Fsp3) is 0.389. The Balaban J connectivity index is 2.17. The topological polar surface area (TPSA) is 123 Å². The third-order valence-electron chi connectivity index (χ3n) is 3.51. The monoisotopic (exact) mass is 360 g/mol. The number of aromatic amines is 1. The molecule has 26 heavy (non-hydrogen) atoms. The Kier molecular flexibility index (Phi) is 5.86. The van der Waals surface area contributed by atoms with E-state index in [0.29, 0.717) is 0 Å². The zero-order valence-electron chi connectivity index (χ0n) is 14.9. The van der Waals surface area contributed by atoms with E-state index in [0.717, 1.165) is 16.5 Å². The number of nitrogens with one attached hydrogen (secondary N) is 3. The molecule has 0 aliphatic heterocycles. The maximum absolute atomic E-state index is 12.3. The van der Waals surface area contributed by atoms with Gasteiger partial charge in [0.05, 0.1) is 12.5 Å². The average molecular weight is 360 g/mol. The van der Waals surface area contributed by atoms with E-state index in [1.54, 1.807) is 27.0 Å². The molecule has 1 atom stereocenters. The first-order valence-electron chi connectivity index (χ1n) is 8.18. The summed E-state index contributed by atoms with van der Waals surface area (Å²) in [6.07, 6.45) is 1.16. The number of fused-ring (bicyclic) bond motifs is 1. The standard InChI is InChI=1S/C18H23N3O5/c1-18(2,3)26-17(25)21-14(16(24)20-10-15(22)23)8-11-9-19-13-7-5-4-6-12(11)13/h4-7,9,14,19H,8,10H2,1-3H3,(H,20,24)(H,21,25)(H,22,23)/p-1/t14-/m0/s1. The molecule has 0 aliphatic carbocycles. The highest BCUT2D eigenvalue weighted by Crippen LogP contribution is 2.19. The van der Waals surface area contributed by atoms with Gasteiger partial charge in [0.15, 0.2) is 0 Å². The van der Waals surface area contributed by atoms with E-state index in [1.807, 2.05) is 24.3 Å². The minimum atomic E-state index is -1.42. The van der Waals surface area contributed by atoms with E-state index >= 15 is 0 Å². The Bertz CT molecular complexity index is 807. The number of para-hydroxylation sites is 1. The van der Waals surface area contributed by atoms with Crippen molar-refractivity contribution in [3.63, 3.8) is 0 Å². The van der Waals surface area contributed by atoms with Crippen LogP contribution in [-0.2, 0) is 20.7 Å². The summed E-state index contributed by atoms with van der Waals surface area (Å²) in [5, 5.41) is 16.2. The summed E-state index contributed by atoms with van der Waals surface area (Å²) in [5.74, 6) is -2.05. The Morgan fingerprint density at radius 3 is 2.58 bits per heavy atom. The summed E-state index contributed by atoms with van der Waals surface area (Å²) >= 11 is 0. The molecular weight excluding hydrogens is 338 g/mol. The van der Waals surface area contributed by atoms with Crippen LogP contribution in [0.4, 0.5) is 4.79 Å². The normalized spacial score (nSPS) is 12.4. The largest absolute Gasteiger partial charge is 0.548 e. The van der Waals surface area contributed by atoms with Crippen LogP contribution in [0, 0.1) is 0 Å². The van der Waals surface area contributed by atoms with Gasteiger partial charge in [0.1, 0.15) is 11.6 Å². The van der Waals surface area contributed by atoms with Crippen molar-refractivity contribution in [2.24, 2.45) is 0 Å². The molecule has 0 radical (unpaired) electrons. The van der Waals surface area contributed by atoms with Crippen LogP contribution in [0.5, 0.6) is 0 Å². The summed E-state index contributed by atoms with van der Waals surface area (Å²) < 4.78 is 5.18. The predicted octanol–water partition coefficient (Wildman–Crippen LogP) is 0.470. The van der Waals surface area contributed by atoms with Gasteiger partial charge in [-0.25, -0.2) is 4.79 Å². The molecule has 0 saturated heterocycles. The minimum absolute atomic E-state index is 0.169. The first kappa shape index (κ1) is 19.3. The van der Waals surface area contributed by atoms with Crippen LogP contribution >= 0.6 is 0 Å². The number of benzene rings is 1. The Hall–Kier alpha value is -3.03. The van der Waals surface area contributed by atoms with Gasteiger partial charge in [-0.05, 0) is 32.4 Å². The van der Waals surface area contributed by atoms with Crippen molar-refractivity contribution in [1.82, 2.24) is 15.6 Å². The third-order valence-corrected chi connectivity index (χ3v) is 3.51. The molecular formula is C18H22N3O5-. The summed E-state index contributed by atoms with van der Waals surface area (Å²) in [6.45, 7) is 4.48. The van der Waals surface area contributed by atoms with Gasteiger partial charge in [0.25, 0.3) is 0 Å². The van der Waals surface area contributed by atoms with Crippen LogP contribution in [0.2, 0.25) is 0 Å². The number of alkyl carbamates (subject to hydrolysis) is 1. The quantitative estimate of drug-likeness (QED) is 0.691. The van der Waals surface area contributed by atoms with Crippen molar-refractivity contribution >= 4 is 28.9 Å². The van der Waals surface area contributed by atoms with Gasteiger partial charge in [-0.2, -0.15) is 0 Å². The summed E-state index contributed by atoms with van der Waals surface area (Å²) in [6, 6.07) is 6.54. The van der Waals surface area contributed by atoms with Crippen LogP contribution < -0.4 is 15.7 Å². The number of carbonyl (C=O) groups is 3. The molecule has 2 rings (SSSR count). The molecule has 0 unspecified atom stereocenters. The third kappa shape index (κ3) is 5.51. The van der Waals surface area contributed by atoms with Crippen molar-refractivity contribution in [1.29, 1.82) is 0 Å². The van der Waals surface area contributed by atoms with Gasteiger partial charge >= 0.3 is 6.09 Å². The first-order valence-corrected chi connectivity index (χ1v) is 8.18. The van der Waals surface area contributed by atoms with E-state index in [2.05, 4.69) is 15.6 Å². The van der Waals surface area contributed by atoms with Crippen LogP contribution in [0.1, 0.15) is 26.3 Å². The zero-order valence-corrected chi connectivity index (χ0v) is 14.9. The predicted molar refractivity (Wildman–Crippen MR) is 93.2 cm³/mol. The number of carbonyl (C=O) groups excluding carboxylic acids is 3. The molecule has 2 aromatic rings. The van der Waals surface area contributed by atoms with Gasteiger partial charge < -0.3 is 30.3 Å². The van der Waals surface area contributed by atoms with Gasteiger partial charge in [-0.3, -0.25) is 4.79 Å². The zero-order chi connectivity index (χ0) is 19.3. The van der Waals surface area contributed by atoms with Gasteiger partial charge in [0, 0.05) is 23.5 Å². The van der Waals surface area contributed by atoms with Crippen molar-refractivity contribution in [2.45, 2.75) is 38.8 Å². The molecule has 1 aromatic heterocycles. The number of hydrogen-bond donors (Lipinski definition) is 3. The number of carboxylic acid groups (broad SMARTS) is 1. The second kappa shape index (κ2) is 7.90. The molecule has 1 heterocycles. The lowest BCUT2D eigenvalue weighted by molar-refractivity contribution is -0.304. The second-order valence-corrected chi connectivity index (χ2v) is 6.85. The van der Waals surface area contributed by atoms with Gasteiger partial charge in [0.2, 0.25) is 5.91 Å². The first-order chi connectivity index (χ1) is 12.2. The molecule has 0 saturated carbocycles. The molecule has 8 nitrogen and oxygen atoms in total.